The van der Waals surface area contributed by atoms with E-state index in [4.69, 9.17) is 4.74 Å². The SMILES string of the molecule is Cc1cccc(-c2[nH]ncc2C2=C\C=C\c3cc(C(=O)O[C@H]4CCN(C)C4)ccc3/C=C\2)n1. The Kier molecular flexibility index (Phi) is 5.75. The molecule has 5 rings (SSSR count). The van der Waals surface area contributed by atoms with E-state index in [0.29, 0.717) is 5.56 Å². The molecule has 2 aromatic heterocycles. The lowest BCUT2D eigenvalue weighted by atomic mass is 9.97. The van der Waals surface area contributed by atoms with Gasteiger partial charge in [0.15, 0.2) is 0 Å². The summed E-state index contributed by atoms with van der Waals surface area (Å²) in [5.74, 6) is -0.262. The van der Waals surface area contributed by atoms with Gasteiger partial charge >= 0.3 is 5.97 Å². The van der Waals surface area contributed by atoms with E-state index in [1.54, 1.807) is 0 Å². The normalized spacial score (nSPS) is 21.4. The summed E-state index contributed by atoms with van der Waals surface area (Å²) in [6, 6.07) is 11.7. The van der Waals surface area contributed by atoms with Crippen LogP contribution in [0.2, 0.25) is 0 Å². The predicted octanol–water partition coefficient (Wildman–Crippen LogP) is 4.76. The van der Waals surface area contributed by atoms with Crippen molar-refractivity contribution in [3.8, 4) is 11.4 Å². The summed E-state index contributed by atoms with van der Waals surface area (Å²) in [6.45, 7) is 3.73. The van der Waals surface area contributed by atoms with Crippen molar-refractivity contribution in [2.75, 3.05) is 20.1 Å². The third kappa shape index (κ3) is 4.56. The van der Waals surface area contributed by atoms with E-state index in [1.807, 2.05) is 74.8 Å². The molecule has 3 aromatic rings. The molecule has 1 N–H and O–H groups in total. The molecule has 0 unspecified atom stereocenters. The van der Waals surface area contributed by atoms with Crippen LogP contribution in [0.25, 0.3) is 29.1 Å². The molecule has 1 fully saturated rings. The number of esters is 1. The van der Waals surface area contributed by atoms with Crippen LogP contribution < -0.4 is 0 Å². The second-order valence-electron chi connectivity index (χ2n) is 8.56. The molecule has 166 valence electrons. The molecule has 0 radical (unpaired) electrons. The van der Waals surface area contributed by atoms with Crippen molar-refractivity contribution in [2.24, 2.45) is 0 Å². The number of nitrogens with zero attached hydrogens (tertiary/aromatic N) is 3. The predicted molar refractivity (Wildman–Crippen MR) is 130 cm³/mol. The molecular formula is C27H26N4O2. The average Bonchev–Trinajstić information content (AvgIpc) is 3.43. The lowest BCUT2D eigenvalue weighted by Crippen LogP contribution is -2.22. The largest absolute Gasteiger partial charge is 0.457 e. The fourth-order valence-corrected chi connectivity index (χ4v) is 4.26. The Balaban J connectivity index is 1.38. The van der Waals surface area contributed by atoms with E-state index in [2.05, 4.69) is 32.2 Å². The maximum Gasteiger partial charge on any atom is 0.338 e. The number of carbonyl (C=O) groups is 1. The van der Waals surface area contributed by atoms with Crippen molar-refractivity contribution in [3.05, 3.63) is 88.8 Å². The van der Waals surface area contributed by atoms with Gasteiger partial charge in [-0.15, -0.1) is 0 Å². The Labute approximate surface area is 193 Å². The number of hydrogen-bond donors (Lipinski definition) is 1. The number of likely N-dealkylation sites (tertiary alicyclic amines) is 1. The lowest BCUT2D eigenvalue weighted by molar-refractivity contribution is 0.0327. The van der Waals surface area contributed by atoms with Crippen LogP contribution in [0.15, 0.2) is 60.8 Å². The van der Waals surface area contributed by atoms with Crippen LogP contribution >= 0.6 is 0 Å². The van der Waals surface area contributed by atoms with Crippen molar-refractivity contribution in [1.29, 1.82) is 0 Å². The van der Waals surface area contributed by atoms with Crippen LogP contribution in [0, 0.1) is 6.92 Å². The summed E-state index contributed by atoms with van der Waals surface area (Å²) in [6.07, 6.45) is 12.9. The second kappa shape index (κ2) is 9.00. The number of aryl methyl sites for hydroxylation is 1. The molecule has 0 spiro atoms. The maximum atomic E-state index is 12.6. The summed E-state index contributed by atoms with van der Waals surface area (Å²) < 4.78 is 5.69. The molecule has 6 nitrogen and oxygen atoms in total. The summed E-state index contributed by atoms with van der Waals surface area (Å²) >= 11 is 0. The van der Waals surface area contributed by atoms with Crippen LogP contribution in [0.4, 0.5) is 0 Å². The fourth-order valence-electron chi connectivity index (χ4n) is 4.26. The van der Waals surface area contributed by atoms with Crippen LogP contribution in [-0.4, -0.2) is 52.3 Å². The average molecular weight is 439 g/mol. The zero-order valence-corrected chi connectivity index (χ0v) is 18.8. The van der Waals surface area contributed by atoms with E-state index in [9.17, 15) is 4.79 Å². The first kappa shape index (κ1) is 21.1. The number of H-pyrrole nitrogens is 1. The van der Waals surface area contributed by atoms with Crippen LogP contribution in [0.5, 0.6) is 0 Å². The number of aromatic amines is 1. The van der Waals surface area contributed by atoms with Crippen LogP contribution in [-0.2, 0) is 4.74 Å². The van der Waals surface area contributed by atoms with Gasteiger partial charge in [-0.05, 0) is 61.4 Å². The van der Waals surface area contributed by atoms with Gasteiger partial charge < -0.3 is 9.64 Å². The third-order valence-electron chi connectivity index (χ3n) is 6.03. The molecule has 2 aliphatic rings. The zero-order valence-electron chi connectivity index (χ0n) is 18.8. The molecular weight excluding hydrogens is 412 g/mol. The number of benzene rings is 1. The van der Waals surface area contributed by atoms with E-state index in [0.717, 1.165) is 58.9 Å². The first-order valence-electron chi connectivity index (χ1n) is 11.1. The van der Waals surface area contributed by atoms with Gasteiger partial charge in [0, 0.05) is 24.3 Å². The molecule has 1 atom stereocenters. The fraction of sp³-hybridized carbons (Fsp3) is 0.222. The molecule has 0 amide bonds. The van der Waals surface area contributed by atoms with Crippen molar-refractivity contribution >= 4 is 23.7 Å². The highest BCUT2D eigenvalue weighted by Gasteiger charge is 2.24. The Morgan fingerprint density at radius 2 is 2.06 bits per heavy atom. The Hall–Kier alpha value is -3.77. The number of pyridine rings is 1. The van der Waals surface area contributed by atoms with E-state index >= 15 is 0 Å². The standard InChI is InChI=1S/C27H26N4O2/c1-18-5-3-8-25(29-18)26-24(16-28-30-26)20-6-4-7-21-15-22(12-10-19(21)9-11-20)27(32)33-23-13-14-31(2)17-23/h3-12,15-16,23H,13-14,17H2,1-2H3,(H,28,30)/b6-4?,7-4+,11-9-,19-9?,20-6-,20-11?,21-7?/t23-/m0/s1. The summed E-state index contributed by atoms with van der Waals surface area (Å²) in [5.41, 5.74) is 7.31. The molecule has 0 saturated carbocycles. The van der Waals surface area contributed by atoms with Gasteiger partial charge in [0.25, 0.3) is 0 Å². The van der Waals surface area contributed by atoms with Crippen molar-refractivity contribution in [1.82, 2.24) is 20.1 Å². The minimum atomic E-state index is -0.262. The molecule has 1 aliphatic heterocycles. The first-order chi connectivity index (χ1) is 16.1. The van der Waals surface area contributed by atoms with Crippen molar-refractivity contribution < 1.29 is 9.53 Å². The van der Waals surface area contributed by atoms with Gasteiger partial charge in [0.1, 0.15) is 6.10 Å². The monoisotopic (exact) mass is 438 g/mol. The second-order valence-corrected chi connectivity index (χ2v) is 8.56. The van der Waals surface area contributed by atoms with Crippen molar-refractivity contribution in [3.63, 3.8) is 0 Å². The third-order valence-corrected chi connectivity index (χ3v) is 6.03. The lowest BCUT2D eigenvalue weighted by Gasteiger charge is -2.13. The summed E-state index contributed by atoms with van der Waals surface area (Å²) in [5, 5.41) is 7.35. The Morgan fingerprint density at radius 1 is 1.15 bits per heavy atom. The molecule has 33 heavy (non-hydrogen) atoms. The van der Waals surface area contributed by atoms with E-state index in [-0.39, 0.29) is 12.1 Å². The number of likely N-dealkylation sites (N-methyl/N-ethyl adjacent to an activating group) is 1. The zero-order chi connectivity index (χ0) is 22.8. The highest BCUT2D eigenvalue weighted by atomic mass is 16.5. The smallest absolute Gasteiger partial charge is 0.338 e. The molecule has 3 heterocycles. The molecule has 6 heteroatoms. The van der Waals surface area contributed by atoms with Crippen molar-refractivity contribution in [2.45, 2.75) is 19.4 Å². The number of hydrogen-bond acceptors (Lipinski definition) is 5. The van der Waals surface area contributed by atoms with E-state index in [1.165, 1.54) is 0 Å². The topological polar surface area (TPSA) is 71.1 Å². The number of aromatic nitrogens is 3. The number of rotatable bonds is 4. The molecule has 1 saturated heterocycles. The molecule has 0 bridgehead atoms. The van der Waals surface area contributed by atoms with Gasteiger partial charge in [-0.3, -0.25) is 10.1 Å². The number of carbonyl (C=O) groups excluding carboxylic acids is 1. The molecule has 1 aliphatic carbocycles. The number of fused-ring (bicyclic) bond motifs is 1. The Bertz CT molecular complexity index is 1280. The number of ether oxygens (including phenoxy) is 1. The van der Waals surface area contributed by atoms with Gasteiger partial charge in [-0.1, -0.05) is 42.5 Å². The minimum Gasteiger partial charge on any atom is -0.457 e. The Morgan fingerprint density at radius 3 is 2.88 bits per heavy atom. The quantitative estimate of drug-likeness (QED) is 0.595. The van der Waals surface area contributed by atoms with Crippen LogP contribution in [0.3, 0.4) is 0 Å². The first-order valence-corrected chi connectivity index (χ1v) is 11.1. The highest BCUT2D eigenvalue weighted by molar-refractivity contribution is 5.92. The number of allylic oxidation sites excluding steroid dienone is 4. The maximum absolute atomic E-state index is 12.6. The van der Waals surface area contributed by atoms with Gasteiger partial charge in [-0.25, -0.2) is 4.79 Å². The van der Waals surface area contributed by atoms with Crippen LogP contribution in [0.1, 0.15) is 39.2 Å². The highest BCUT2D eigenvalue weighted by Crippen LogP contribution is 2.29. The van der Waals surface area contributed by atoms with Gasteiger partial charge in [0.05, 0.1) is 23.1 Å². The van der Waals surface area contributed by atoms with E-state index < -0.39 is 0 Å². The number of nitrogens with one attached hydrogen (secondary N) is 1. The van der Waals surface area contributed by atoms with Gasteiger partial charge in [0.2, 0.25) is 0 Å². The minimum absolute atomic E-state index is 0.0301. The van der Waals surface area contributed by atoms with Gasteiger partial charge in [-0.2, -0.15) is 5.10 Å². The summed E-state index contributed by atoms with van der Waals surface area (Å²) in [7, 11) is 2.04. The summed E-state index contributed by atoms with van der Waals surface area (Å²) in [4.78, 5) is 19.4. The molecule has 1 aromatic carbocycles.